The number of hydrogen-bond donors (Lipinski definition) is 2. The van der Waals surface area contributed by atoms with E-state index in [-0.39, 0.29) is 19.0 Å². The lowest BCUT2D eigenvalue weighted by atomic mass is 10.2. The Morgan fingerprint density at radius 3 is 2.90 bits per heavy atom. The van der Waals surface area contributed by atoms with Crippen LogP contribution in [0, 0.1) is 3.57 Å². The third kappa shape index (κ3) is 4.39. The van der Waals surface area contributed by atoms with E-state index in [2.05, 4.69) is 15.6 Å². The van der Waals surface area contributed by atoms with Crippen LogP contribution in [0.5, 0.6) is 0 Å². The number of aliphatic carboxylic acids is 1. The molecule has 0 aliphatic heterocycles. The Kier molecular flexibility index (Phi) is 5.12. The zero-order valence-electron chi connectivity index (χ0n) is 10.6. The molecular formula is C12H10ClIN4O3. The maximum atomic E-state index is 12.1. The van der Waals surface area contributed by atoms with Crippen LogP contribution in [0.4, 0.5) is 0 Å². The highest BCUT2D eigenvalue weighted by Gasteiger charge is 2.11. The molecule has 1 heterocycles. The van der Waals surface area contributed by atoms with Gasteiger partial charge >= 0.3 is 5.97 Å². The fourth-order valence-electron chi connectivity index (χ4n) is 1.57. The van der Waals surface area contributed by atoms with E-state index >= 15 is 0 Å². The number of aromatic nitrogens is 3. The summed E-state index contributed by atoms with van der Waals surface area (Å²) < 4.78 is 1.97. The van der Waals surface area contributed by atoms with Crippen molar-refractivity contribution in [1.29, 1.82) is 0 Å². The van der Waals surface area contributed by atoms with Crippen LogP contribution >= 0.6 is 34.2 Å². The van der Waals surface area contributed by atoms with Crippen molar-refractivity contribution in [2.75, 3.05) is 0 Å². The Labute approximate surface area is 138 Å². The average molecular weight is 421 g/mol. The van der Waals surface area contributed by atoms with E-state index < -0.39 is 5.97 Å². The minimum absolute atomic E-state index is 0.154. The first kappa shape index (κ1) is 15.7. The molecule has 0 fully saturated rings. The average Bonchev–Trinajstić information content (AvgIpc) is 2.85. The largest absolute Gasteiger partial charge is 0.480 e. The van der Waals surface area contributed by atoms with Crippen molar-refractivity contribution >= 4 is 46.1 Å². The molecule has 2 rings (SSSR count). The summed E-state index contributed by atoms with van der Waals surface area (Å²) in [5, 5.41) is 19.2. The van der Waals surface area contributed by atoms with E-state index in [1.165, 1.54) is 10.9 Å². The molecule has 1 amide bonds. The Balaban J connectivity index is 1.99. The van der Waals surface area contributed by atoms with Gasteiger partial charge in [-0.2, -0.15) is 0 Å². The molecule has 110 valence electrons. The summed E-state index contributed by atoms with van der Waals surface area (Å²) in [7, 11) is 0. The number of nitrogens with one attached hydrogen (secondary N) is 1. The topological polar surface area (TPSA) is 97.1 Å². The fraction of sp³-hybridized carbons (Fsp3) is 0.167. The van der Waals surface area contributed by atoms with Gasteiger partial charge in [0.15, 0.2) is 0 Å². The molecule has 0 saturated heterocycles. The first-order valence-corrected chi connectivity index (χ1v) is 7.25. The first-order valence-electron chi connectivity index (χ1n) is 5.80. The Morgan fingerprint density at radius 1 is 1.43 bits per heavy atom. The standard InChI is InChI=1S/C12H10ClIN4O3/c13-7-1-2-10(14)9(3-7)12(21)15-4-8-5-18(17-16-8)6-11(19)20/h1-3,5H,4,6H2,(H,15,21)(H,19,20). The third-order valence-corrected chi connectivity index (χ3v) is 3.66. The summed E-state index contributed by atoms with van der Waals surface area (Å²) in [6, 6.07) is 5.04. The minimum Gasteiger partial charge on any atom is -0.480 e. The Hall–Kier alpha value is -1.68. The highest BCUT2D eigenvalue weighted by molar-refractivity contribution is 14.1. The lowest BCUT2D eigenvalue weighted by molar-refractivity contribution is -0.137. The van der Waals surface area contributed by atoms with E-state index in [9.17, 15) is 9.59 Å². The summed E-state index contributed by atoms with van der Waals surface area (Å²) in [4.78, 5) is 22.6. The number of carboxylic acid groups (broad SMARTS) is 1. The summed E-state index contributed by atoms with van der Waals surface area (Å²) in [6.07, 6.45) is 1.47. The molecule has 0 saturated carbocycles. The number of nitrogens with zero attached hydrogens (tertiary/aromatic N) is 3. The molecule has 7 nitrogen and oxygen atoms in total. The van der Waals surface area contributed by atoms with Gasteiger partial charge in [0.2, 0.25) is 0 Å². The van der Waals surface area contributed by atoms with Gasteiger partial charge < -0.3 is 10.4 Å². The predicted molar refractivity (Wildman–Crippen MR) is 83.0 cm³/mol. The van der Waals surface area contributed by atoms with Crippen molar-refractivity contribution in [2.24, 2.45) is 0 Å². The number of amides is 1. The molecule has 0 aliphatic carbocycles. The zero-order chi connectivity index (χ0) is 15.4. The summed E-state index contributed by atoms with van der Waals surface area (Å²) in [5.74, 6) is -1.29. The number of carboxylic acids is 1. The number of benzene rings is 1. The normalized spacial score (nSPS) is 10.4. The molecule has 9 heteroatoms. The lowest BCUT2D eigenvalue weighted by Crippen LogP contribution is -2.23. The third-order valence-electron chi connectivity index (χ3n) is 2.49. The summed E-state index contributed by atoms with van der Waals surface area (Å²) in [6.45, 7) is -0.117. The van der Waals surface area contributed by atoms with Crippen LogP contribution in [0.1, 0.15) is 16.1 Å². The predicted octanol–water partition coefficient (Wildman–Crippen LogP) is 1.55. The van der Waals surface area contributed by atoms with Crippen LogP contribution in [0.15, 0.2) is 24.4 Å². The monoisotopic (exact) mass is 420 g/mol. The maximum Gasteiger partial charge on any atom is 0.325 e. The van der Waals surface area contributed by atoms with Gasteiger partial charge in [0.05, 0.1) is 18.3 Å². The van der Waals surface area contributed by atoms with Gasteiger partial charge in [-0.3, -0.25) is 9.59 Å². The number of halogens is 2. The van der Waals surface area contributed by atoms with Crippen LogP contribution in [0.25, 0.3) is 0 Å². The second-order valence-corrected chi connectivity index (χ2v) is 5.71. The van der Waals surface area contributed by atoms with Gasteiger partial charge in [-0.15, -0.1) is 5.10 Å². The molecule has 21 heavy (non-hydrogen) atoms. The SMILES string of the molecule is O=C(O)Cn1cc(CNC(=O)c2cc(Cl)ccc2I)nn1. The van der Waals surface area contributed by atoms with Crippen LogP contribution in [-0.4, -0.2) is 32.0 Å². The van der Waals surface area contributed by atoms with Crippen LogP contribution in [-0.2, 0) is 17.9 Å². The molecule has 1 aromatic carbocycles. The lowest BCUT2D eigenvalue weighted by Gasteiger charge is -2.05. The van der Waals surface area contributed by atoms with E-state index in [0.29, 0.717) is 16.3 Å². The number of rotatable bonds is 5. The molecule has 2 aromatic rings. The molecule has 0 bridgehead atoms. The van der Waals surface area contributed by atoms with Crippen molar-refractivity contribution in [3.05, 3.63) is 44.2 Å². The summed E-state index contributed by atoms with van der Waals surface area (Å²) >= 11 is 7.91. The van der Waals surface area contributed by atoms with Gasteiger partial charge in [-0.25, -0.2) is 4.68 Å². The fourth-order valence-corrected chi connectivity index (χ4v) is 2.33. The van der Waals surface area contributed by atoms with Crippen LogP contribution < -0.4 is 5.32 Å². The summed E-state index contributed by atoms with van der Waals surface area (Å²) in [5.41, 5.74) is 0.947. The molecule has 0 atom stereocenters. The quantitative estimate of drug-likeness (QED) is 0.716. The van der Waals surface area contributed by atoms with E-state index in [1.54, 1.807) is 18.2 Å². The Morgan fingerprint density at radius 2 is 2.19 bits per heavy atom. The zero-order valence-corrected chi connectivity index (χ0v) is 13.5. The highest BCUT2D eigenvalue weighted by Crippen LogP contribution is 2.17. The van der Waals surface area contributed by atoms with Crippen molar-refractivity contribution in [2.45, 2.75) is 13.1 Å². The van der Waals surface area contributed by atoms with Gasteiger partial charge in [-0.05, 0) is 40.8 Å². The molecule has 0 radical (unpaired) electrons. The van der Waals surface area contributed by atoms with Crippen molar-refractivity contribution in [3.8, 4) is 0 Å². The number of carbonyl (C=O) groups is 2. The molecule has 0 unspecified atom stereocenters. The second-order valence-electron chi connectivity index (χ2n) is 4.11. The van der Waals surface area contributed by atoms with E-state index in [0.717, 1.165) is 3.57 Å². The second kappa shape index (κ2) is 6.85. The minimum atomic E-state index is -1.01. The van der Waals surface area contributed by atoms with Crippen molar-refractivity contribution < 1.29 is 14.7 Å². The van der Waals surface area contributed by atoms with E-state index in [1.807, 2.05) is 22.6 Å². The van der Waals surface area contributed by atoms with Crippen LogP contribution in [0.2, 0.25) is 5.02 Å². The Bertz CT molecular complexity index is 689. The van der Waals surface area contributed by atoms with Crippen molar-refractivity contribution in [3.63, 3.8) is 0 Å². The van der Waals surface area contributed by atoms with Gasteiger partial charge in [0, 0.05) is 8.59 Å². The number of hydrogen-bond acceptors (Lipinski definition) is 4. The number of carbonyl (C=O) groups excluding carboxylic acids is 1. The molecule has 0 spiro atoms. The van der Waals surface area contributed by atoms with Gasteiger partial charge in [0.25, 0.3) is 5.91 Å². The smallest absolute Gasteiger partial charge is 0.325 e. The molecule has 0 aliphatic rings. The maximum absolute atomic E-state index is 12.1. The van der Waals surface area contributed by atoms with Crippen LogP contribution in [0.3, 0.4) is 0 Å². The first-order chi connectivity index (χ1) is 9.95. The van der Waals surface area contributed by atoms with Gasteiger partial charge in [-0.1, -0.05) is 16.8 Å². The van der Waals surface area contributed by atoms with Crippen molar-refractivity contribution in [1.82, 2.24) is 20.3 Å². The molecule has 2 N–H and O–H groups in total. The molecule has 1 aromatic heterocycles. The van der Waals surface area contributed by atoms with Gasteiger partial charge in [0.1, 0.15) is 12.2 Å². The highest BCUT2D eigenvalue weighted by atomic mass is 127. The molecular weight excluding hydrogens is 411 g/mol. The van der Waals surface area contributed by atoms with E-state index in [4.69, 9.17) is 16.7 Å².